The number of imide groups is 1. The molecule has 1 aromatic carbocycles. The lowest BCUT2D eigenvalue weighted by Crippen LogP contribution is -2.98. The van der Waals surface area contributed by atoms with Gasteiger partial charge in [-0.25, -0.2) is 4.79 Å². The minimum atomic E-state index is -1.08. The molecule has 2 saturated heterocycles. The molecule has 2 fully saturated rings. The quantitative estimate of drug-likeness (QED) is 0.600. The number of nitrogens with two attached hydrogens (primary N) is 1. The van der Waals surface area contributed by atoms with Crippen LogP contribution >= 0.6 is 0 Å². The average Bonchev–Trinajstić information content (AvgIpc) is 3.15. The fourth-order valence-electron chi connectivity index (χ4n) is 4.49. The first-order valence-electron chi connectivity index (χ1n) is 8.88. The Balaban J connectivity index is 2.10. The molecule has 0 aromatic heterocycles. The van der Waals surface area contributed by atoms with Crippen molar-refractivity contribution in [3.63, 3.8) is 0 Å². The molecule has 26 heavy (non-hydrogen) atoms. The van der Waals surface area contributed by atoms with Gasteiger partial charge in [0, 0.05) is 18.5 Å². The number of amides is 2. The molecule has 0 bridgehead atoms. The maximum atomic E-state index is 13.0. The largest absolute Gasteiger partial charge is 0.497 e. The van der Waals surface area contributed by atoms with Crippen molar-refractivity contribution in [1.29, 1.82) is 0 Å². The third-order valence-corrected chi connectivity index (χ3v) is 5.83. The molecule has 0 spiro atoms. The van der Waals surface area contributed by atoms with Crippen LogP contribution in [0.3, 0.4) is 0 Å². The maximum Gasteiger partial charge on any atom is 0.368 e. The number of benzene rings is 1. The van der Waals surface area contributed by atoms with E-state index in [0.29, 0.717) is 18.7 Å². The predicted molar refractivity (Wildman–Crippen MR) is 92.1 cm³/mol. The van der Waals surface area contributed by atoms with Crippen LogP contribution in [-0.2, 0) is 19.1 Å². The molecule has 140 valence electrons. The van der Waals surface area contributed by atoms with Crippen molar-refractivity contribution in [3.05, 3.63) is 29.8 Å². The SMILES string of the molecule is CCN1C(=O)[C@H]2[C@@H](C1=O)[C@@](CC)(C(=O)OC)[NH2+][C@H]2c1ccc(OC)cc1. The molecule has 2 aliphatic rings. The highest BCUT2D eigenvalue weighted by molar-refractivity contribution is 6.08. The molecule has 0 unspecified atom stereocenters. The summed E-state index contributed by atoms with van der Waals surface area (Å²) in [5.74, 6) is -1.51. The molecule has 0 radical (unpaired) electrons. The van der Waals surface area contributed by atoms with Gasteiger partial charge < -0.3 is 14.8 Å². The summed E-state index contributed by atoms with van der Waals surface area (Å²) in [7, 11) is 2.91. The zero-order valence-corrected chi connectivity index (χ0v) is 15.5. The molecule has 0 saturated carbocycles. The lowest BCUT2D eigenvalue weighted by Gasteiger charge is -2.28. The first-order chi connectivity index (χ1) is 12.4. The summed E-state index contributed by atoms with van der Waals surface area (Å²) in [6, 6.07) is 7.08. The first kappa shape index (κ1) is 18.4. The van der Waals surface area contributed by atoms with Crippen LogP contribution < -0.4 is 10.1 Å². The Labute approximate surface area is 152 Å². The second-order valence-electron chi connectivity index (χ2n) is 6.78. The van der Waals surface area contributed by atoms with Crippen molar-refractivity contribution < 1.29 is 29.2 Å². The number of hydrogen-bond acceptors (Lipinski definition) is 5. The van der Waals surface area contributed by atoms with Gasteiger partial charge in [0.05, 0.1) is 14.2 Å². The van der Waals surface area contributed by atoms with E-state index in [4.69, 9.17) is 9.47 Å². The summed E-state index contributed by atoms with van der Waals surface area (Å²) in [4.78, 5) is 39.9. The minimum Gasteiger partial charge on any atom is -0.497 e. The lowest BCUT2D eigenvalue weighted by molar-refractivity contribution is -0.734. The van der Waals surface area contributed by atoms with E-state index in [1.54, 1.807) is 14.0 Å². The van der Waals surface area contributed by atoms with Crippen molar-refractivity contribution >= 4 is 17.8 Å². The van der Waals surface area contributed by atoms with Gasteiger partial charge in [0.1, 0.15) is 23.6 Å². The summed E-state index contributed by atoms with van der Waals surface area (Å²) in [6.45, 7) is 3.93. The number of quaternary nitrogens is 1. The fourth-order valence-corrected chi connectivity index (χ4v) is 4.49. The molecule has 1 aromatic rings. The van der Waals surface area contributed by atoms with E-state index in [2.05, 4.69) is 0 Å². The van der Waals surface area contributed by atoms with Gasteiger partial charge >= 0.3 is 5.97 Å². The summed E-state index contributed by atoms with van der Waals surface area (Å²) < 4.78 is 10.2. The molecule has 2 aliphatic heterocycles. The topological polar surface area (TPSA) is 89.5 Å². The number of esters is 1. The Hall–Kier alpha value is -2.41. The van der Waals surface area contributed by atoms with Crippen molar-refractivity contribution in [2.75, 3.05) is 20.8 Å². The Morgan fingerprint density at radius 2 is 1.81 bits per heavy atom. The molecule has 4 atom stereocenters. The van der Waals surface area contributed by atoms with Crippen LogP contribution in [0.25, 0.3) is 0 Å². The Morgan fingerprint density at radius 3 is 2.31 bits per heavy atom. The fraction of sp³-hybridized carbons (Fsp3) is 0.526. The number of ether oxygens (including phenoxy) is 2. The van der Waals surface area contributed by atoms with Gasteiger partial charge in [0.25, 0.3) is 0 Å². The third-order valence-electron chi connectivity index (χ3n) is 5.83. The number of fused-ring (bicyclic) bond motifs is 1. The number of likely N-dealkylation sites (tertiary alicyclic amines) is 1. The molecule has 3 rings (SSSR count). The summed E-state index contributed by atoms with van der Waals surface area (Å²) in [5.41, 5.74) is -0.195. The minimum absolute atomic E-state index is 0.209. The summed E-state index contributed by atoms with van der Waals surface area (Å²) in [6.07, 6.45) is 0.407. The third kappa shape index (κ3) is 2.41. The Kier molecular flexibility index (Phi) is 4.75. The van der Waals surface area contributed by atoms with E-state index in [-0.39, 0.29) is 17.9 Å². The summed E-state index contributed by atoms with van der Waals surface area (Å²) in [5, 5.41) is 1.86. The average molecular weight is 361 g/mol. The van der Waals surface area contributed by atoms with Crippen molar-refractivity contribution in [2.45, 2.75) is 31.8 Å². The van der Waals surface area contributed by atoms with E-state index in [1.165, 1.54) is 12.0 Å². The van der Waals surface area contributed by atoms with E-state index in [0.717, 1.165) is 5.56 Å². The van der Waals surface area contributed by atoms with Crippen LogP contribution in [0.15, 0.2) is 24.3 Å². The van der Waals surface area contributed by atoms with Gasteiger partial charge in [0.15, 0.2) is 0 Å². The van der Waals surface area contributed by atoms with Gasteiger partial charge in [-0.15, -0.1) is 0 Å². The monoisotopic (exact) mass is 361 g/mol. The number of hydrogen-bond donors (Lipinski definition) is 1. The van der Waals surface area contributed by atoms with E-state index < -0.39 is 23.3 Å². The molecular formula is C19H25N2O5+. The normalized spacial score (nSPS) is 30.5. The Morgan fingerprint density at radius 1 is 1.15 bits per heavy atom. The maximum absolute atomic E-state index is 13.0. The van der Waals surface area contributed by atoms with Gasteiger partial charge in [-0.2, -0.15) is 0 Å². The van der Waals surface area contributed by atoms with Crippen molar-refractivity contribution in [3.8, 4) is 5.75 Å². The molecular weight excluding hydrogens is 336 g/mol. The molecule has 7 heteroatoms. The number of carbonyl (C=O) groups excluding carboxylic acids is 3. The molecule has 2 amide bonds. The van der Waals surface area contributed by atoms with Gasteiger partial charge in [-0.3, -0.25) is 14.5 Å². The highest BCUT2D eigenvalue weighted by Gasteiger charge is 2.71. The number of rotatable bonds is 5. The van der Waals surface area contributed by atoms with Crippen molar-refractivity contribution in [1.82, 2.24) is 4.90 Å². The van der Waals surface area contributed by atoms with Gasteiger partial charge in [0.2, 0.25) is 17.4 Å². The van der Waals surface area contributed by atoms with Crippen LogP contribution in [0, 0.1) is 11.8 Å². The second-order valence-corrected chi connectivity index (χ2v) is 6.78. The highest BCUT2D eigenvalue weighted by atomic mass is 16.5. The lowest BCUT2D eigenvalue weighted by atomic mass is 9.78. The molecule has 2 heterocycles. The van der Waals surface area contributed by atoms with Crippen molar-refractivity contribution in [2.24, 2.45) is 11.8 Å². The van der Waals surface area contributed by atoms with Crippen LogP contribution in [0.5, 0.6) is 5.75 Å². The van der Waals surface area contributed by atoms with Gasteiger partial charge in [-0.1, -0.05) is 6.92 Å². The predicted octanol–water partition coefficient (Wildman–Crippen LogP) is 0.256. The second kappa shape index (κ2) is 6.72. The number of nitrogens with zero attached hydrogens (tertiary/aromatic N) is 1. The molecule has 0 aliphatic carbocycles. The molecule has 7 nitrogen and oxygen atoms in total. The highest BCUT2D eigenvalue weighted by Crippen LogP contribution is 2.45. The smallest absolute Gasteiger partial charge is 0.368 e. The number of carbonyl (C=O) groups is 3. The zero-order chi connectivity index (χ0) is 19.1. The van der Waals surface area contributed by atoms with E-state index >= 15 is 0 Å². The van der Waals surface area contributed by atoms with E-state index in [1.807, 2.05) is 36.5 Å². The standard InChI is InChI=1S/C19H24N2O5/c1-5-19(18(24)26-4)14-13(16(22)21(6-2)17(14)23)15(20-19)11-7-9-12(25-3)10-8-11/h7-10,13-15,20H,5-6H2,1-4H3/p+1/t13-,14-,15-,19-/m0/s1. The van der Waals surface area contributed by atoms with Gasteiger partial charge in [-0.05, 0) is 31.2 Å². The van der Waals surface area contributed by atoms with Crippen LogP contribution in [-0.4, -0.2) is 49.0 Å². The van der Waals surface area contributed by atoms with Crippen LogP contribution in [0.2, 0.25) is 0 Å². The molecule has 2 N–H and O–H groups in total. The first-order valence-corrected chi connectivity index (χ1v) is 8.88. The Bertz CT molecular complexity index is 732. The van der Waals surface area contributed by atoms with Crippen LogP contribution in [0.4, 0.5) is 0 Å². The zero-order valence-electron chi connectivity index (χ0n) is 15.5. The summed E-state index contributed by atoms with van der Waals surface area (Å²) >= 11 is 0. The van der Waals surface area contributed by atoms with E-state index in [9.17, 15) is 14.4 Å². The number of methoxy groups -OCH3 is 2. The van der Waals surface area contributed by atoms with Crippen LogP contribution in [0.1, 0.15) is 31.9 Å².